The lowest BCUT2D eigenvalue weighted by molar-refractivity contribution is -0.0394. The third-order valence-corrected chi connectivity index (χ3v) is 3.66. The molecule has 21 heavy (non-hydrogen) atoms. The van der Waals surface area contributed by atoms with Crippen LogP contribution in [-0.2, 0) is 5.60 Å². The fourth-order valence-electron chi connectivity index (χ4n) is 2.34. The number of methoxy groups -OCH3 is 2. The van der Waals surface area contributed by atoms with Crippen LogP contribution in [0.1, 0.15) is 18.1 Å². The van der Waals surface area contributed by atoms with E-state index in [0.717, 1.165) is 0 Å². The highest BCUT2D eigenvalue weighted by Gasteiger charge is 2.36. The molecule has 112 valence electrons. The Kier molecular flexibility index (Phi) is 4.50. The maximum absolute atomic E-state index is 11.0. The Hall–Kier alpha value is -2.04. The van der Waals surface area contributed by atoms with Gasteiger partial charge in [-0.2, -0.15) is 0 Å². The van der Waals surface area contributed by atoms with Crippen molar-refractivity contribution >= 4 is 0 Å². The van der Waals surface area contributed by atoms with Crippen LogP contribution in [0.15, 0.2) is 48.5 Å². The van der Waals surface area contributed by atoms with Gasteiger partial charge in [0.1, 0.15) is 17.1 Å². The molecule has 0 aliphatic carbocycles. The van der Waals surface area contributed by atoms with Gasteiger partial charge in [0.15, 0.2) is 0 Å². The molecule has 2 N–H and O–H groups in total. The number of hydrogen-bond donors (Lipinski definition) is 2. The summed E-state index contributed by atoms with van der Waals surface area (Å²) in [7, 11) is 3.17. The largest absolute Gasteiger partial charge is 0.497 e. The summed E-state index contributed by atoms with van der Waals surface area (Å²) in [6.45, 7) is 1.56. The summed E-state index contributed by atoms with van der Waals surface area (Å²) < 4.78 is 10.2. The van der Waals surface area contributed by atoms with Crippen LogP contribution < -0.4 is 9.47 Å². The average molecular weight is 288 g/mol. The minimum Gasteiger partial charge on any atom is -0.497 e. The summed E-state index contributed by atoms with van der Waals surface area (Å²) in [5.41, 5.74) is -0.287. The zero-order valence-electron chi connectivity index (χ0n) is 12.4. The third-order valence-electron chi connectivity index (χ3n) is 3.66. The normalized spacial score (nSPS) is 12.8. The van der Waals surface area contributed by atoms with Crippen LogP contribution in [0, 0.1) is 0 Å². The third kappa shape index (κ3) is 2.86. The zero-order chi connectivity index (χ0) is 15.5. The van der Waals surface area contributed by atoms with Gasteiger partial charge in [0.2, 0.25) is 0 Å². The quantitative estimate of drug-likeness (QED) is 0.886. The van der Waals surface area contributed by atoms with Crippen molar-refractivity contribution in [3.05, 3.63) is 59.7 Å². The Bertz CT molecular complexity index is 525. The minimum atomic E-state index is -1.49. The van der Waals surface area contributed by atoms with E-state index >= 15 is 0 Å². The molecule has 4 nitrogen and oxygen atoms in total. The molecule has 0 aliphatic heterocycles. The van der Waals surface area contributed by atoms with Gasteiger partial charge in [-0.25, -0.2) is 0 Å². The highest BCUT2D eigenvalue weighted by molar-refractivity contribution is 5.41. The van der Waals surface area contributed by atoms with E-state index in [1.807, 2.05) is 0 Å². The van der Waals surface area contributed by atoms with Crippen molar-refractivity contribution in [3.8, 4) is 11.5 Å². The second-order valence-electron chi connectivity index (χ2n) is 4.90. The Morgan fingerprint density at radius 1 is 0.810 bits per heavy atom. The summed E-state index contributed by atoms with van der Waals surface area (Å²) in [5, 5.41) is 21.1. The average Bonchev–Trinajstić information content (AvgIpc) is 2.54. The van der Waals surface area contributed by atoms with Gasteiger partial charge in [-0.05, 0) is 42.3 Å². The van der Waals surface area contributed by atoms with Gasteiger partial charge in [0, 0.05) is 0 Å². The summed E-state index contributed by atoms with van der Waals surface area (Å²) in [4.78, 5) is 0. The second kappa shape index (κ2) is 6.16. The highest BCUT2D eigenvalue weighted by Crippen LogP contribution is 2.34. The summed E-state index contributed by atoms with van der Waals surface area (Å²) in [6, 6.07) is 14.0. The predicted octanol–water partition coefficient (Wildman–Crippen LogP) is 2.32. The topological polar surface area (TPSA) is 58.9 Å². The van der Waals surface area contributed by atoms with Crippen LogP contribution in [0.3, 0.4) is 0 Å². The number of ether oxygens (including phenoxy) is 2. The molecule has 0 fully saturated rings. The van der Waals surface area contributed by atoms with Gasteiger partial charge in [-0.15, -0.1) is 0 Å². The van der Waals surface area contributed by atoms with Crippen molar-refractivity contribution in [3.63, 3.8) is 0 Å². The molecule has 0 unspecified atom stereocenters. The van der Waals surface area contributed by atoms with Crippen LogP contribution >= 0.6 is 0 Å². The maximum atomic E-state index is 11.0. The second-order valence-corrected chi connectivity index (χ2v) is 4.90. The van der Waals surface area contributed by atoms with Gasteiger partial charge >= 0.3 is 0 Å². The first-order valence-electron chi connectivity index (χ1n) is 6.72. The molecule has 0 spiro atoms. The number of aliphatic hydroxyl groups excluding tert-OH is 1. The van der Waals surface area contributed by atoms with Crippen molar-refractivity contribution in [2.75, 3.05) is 14.2 Å². The maximum Gasteiger partial charge on any atom is 0.140 e. The first-order valence-corrected chi connectivity index (χ1v) is 6.72. The van der Waals surface area contributed by atoms with E-state index in [-0.39, 0.29) is 0 Å². The monoisotopic (exact) mass is 288 g/mol. The molecule has 0 heterocycles. The van der Waals surface area contributed by atoms with E-state index in [4.69, 9.17) is 9.47 Å². The first kappa shape index (κ1) is 15.4. The van der Waals surface area contributed by atoms with Gasteiger partial charge in [0.05, 0.1) is 20.3 Å². The smallest absolute Gasteiger partial charge is 0.140 e. The molecule has 0 aliphatic rings. The van der Waals surface area contributed by atoms with Crippen molar-refractivity contribution in [2.45, 2.75) is 18.6 Å². The van der Waals surface area contributed by atoms with Gasteiger partial charge in [-0.3, -0.25) is 0 Å². The molecule has 0 aromatic heterocycles. The highest BCUT2D eigenvalue weighted by atomic mass is 16.5. The number of hydrogen-bond acceptors (Lipinski definition) is 4. The molecule has 0 bridgehead atoms. The lowest BCUT2D eigenvalue weighted by Gasteiger charge is -2.32. The lowest BCUT2D eigenvalue weighted by Crippen LogP contribution is -2.38. The molecule has 0 saturated carbocycles. The van der Waals surface area contributed by atoms with Crippen LogP contribution in [0.2, 0.25) is 0 Å². The van der Waals surface area contributed by atoms with Crippen molar-refractivity contribution in [1.82, 2.24) is 0 Å². The molecule has 2 aromatic carbocycles. The Labute approximate surface area is 124 Å². The van der Waals surface area contributed by atoms with E-state index in [2.05, 4.69) is 0 Å². The van der Waals surface area contributed by atoms with E-state index in [1.54, 1.807) is 69.7 Å². The fraction of sp³-hybridized carbons (Fsp3) is 0.294. The molecular weight excluding hydrogens is 268 g/mol. The van der Waals surface area contributed by atoms with Gasteiger partial charge in [0.25, 0.3) is 0 Å². The van der Waals surface area contributed by atoms with E-state index in [9.17, 15) is 10.2 Å². The number of benzene rings is 2. The predicted molar refractivity (Wildman–Crippen MR) is 80.7 cm³/mol. The first-order chi connectivity index (χ1) is 10.0. The standard InChI is InChI=1S/C17H20O4/c1-12(18)17(19,13-4-8-15(20-2)9-5-13)14-6-10-16(21-3)11-7-14/h4-12,18-19H,1-3H3/t12-/m0/s1. The molecule has 0 amide bonds. The van der Waals surface area contributed by atoms with Crippen LogP contribution in [0.4, 0.5) is 0 Å². The minimum absolute atomic E-state index is 0.600. The SMILES string of the molecule is COc1ccc(C(O)(c2ccc(OC)cc2)[C@H](C)O)cc1. The van der Waals surface area contributed by atoms with Crippen molar-refractivity contribution in [1.29, 1.82) is 0 Å². The summed E-state index contributed by atoms with van der Waals surface area (Å²) in [6.07, 6.45) is -0.973. The van der Waals surface area contributed by atoms with Crippen LogP contribution in [0.5, 0.6) is 11.5 Å². The molecule has 1 atom stereocenters. The number of rotatable bonds is 5. The molecule has 0 radical (unpaired) electrons. The summed E-state index contributed by atoms with van der Waals surface area (Å²) in [5.74, 6) is 1.39. The summed E-state index contributed by atoms with van der Waals surface area (Å²) >= 11 is 0. The van der Waals surface area contributed by atoms with Crippen LogP contribution in [-0.4, -0.2) is 30.5 Å². The van der Waals surface area contributed by atoms with Crippen molar-refractivity contribution < 1.29 is 19.7 Å². The van der Waals surface area contributed by atoms with Gasteiger partial charge < -0.3 is 19.7 Å². The Morgan fingerprint density at radius 2 is 1.14 bits per heavy atom. The van der Waals surface area contributed by atoms with E-state index < -0.39 is 11.7 Å². The van der Waals surface area contributed by atoms with Gasteiger partial charge in [-0.1, -0.05) is 24.3 Å². The molecule has 4 heteroatoms. The Balaban J connectivity index is 2.47. The number of aliphatic hydroxyl groups is 2. The fourth-order valence-corrected chi connectivity index (χ4v) is 2.34. The van der Waals surface area contributed by atoms with Crippen LogP contribution in [0.25, 0.3) is 0 Å². The van der Waals surface area contributed by atoms with Crippen molar-refractivity contribution in [2.24, 2.45) is 0 Å². The Morgan fingerprint density at radius 3 is 1.38 bits per heavy atom. The zero-order valence-corrected chi connectivity index (χ0v) is 12.4. The molecule has 2 rings (SSSR count). The van der Waals surface area contributed by atoms with E-state index in [1.165, 1.54) is 0 Å². The molecule has 0 saturated heterocycles. The lowest BCUT2D eigenvalue weighted by atomic mass is 9.82. The van der Waals surface area contributed by atoms with E-state index in [0.29, 0.717) is 22.6 Å². The molecular formula is C17H20O4. The molecule has 2 aromatic rings.